The lowest BCUT2D eigenvalue weighted by molar-refractivity contribution is 0.378. The van der Waals surface area contributed by atoms with Crippen LogP contribution in [0.3, 0.4) is 0 Å². The van der Waals surface area contributed by atoms with Crippen molar-refractivity contribution in [3.05, 3.63) is 84.4 Å². The highest BCUT2D eigenvalue weighted by Gasteiger charge is 2.34. The van der Waals surface area contributed by atoms with Crippen molar-refractivity contribution in [2.24, 2.45) is 0 Å². The second-order valence-corrected chi connectivity index (χ2v) is 9.57. The van der Waals surface area contributed by atoms with E-state index in [0.717, 1.165) is 39.1 Å². The van der Waals surface area contributed by atoms with Crippen LogP contribution in [-0.2, 0) is 10.0 Å². The fraction of sp³-hybridized carbons (Fsp3) is 0.167. The number of rotatable bonds is 4. The van der Waals surface area contributed by atoms with E-state index >= 15 is 0 Å². The molecular weight excluding hydrogens is 446 g/mol. The minimum absolute atomic E-state index is 0.0683. The number of piperazine rings is 1. The molecule has 0 amide bonds. The molecule has 0 unspecified atom stereocenters. The van der Waals surface area contributed by atoms with E-state index in [1.165, 1.54) is 0 Å². The van der Waals surface area contributed by atoms with Crippen molar-refractivity contribution in [3.63, 3.8) is 0 Å². The van der Waals surface area contributed by atoms with Crippen molar-refractivity contribution in [2.45, 2.75) is 4.90 Å². The van der Waals surface area contributed by atoms with Crippen molar-refractivity contribution in [1.82, 2.24) is 14.3 Å². The Labute approximate surface area is 190 Å². The van der Waals surface area contributed by atoms with Crippen molar-refractivity contribution in [2.75, 3.05) is 31.1 Å². The van der Waals surface area contributed by atoms with Gasteiger partial charge < -0.3 is 4.90 Å². The van der Waals surface area contributed by atoms with E-state index in [2.05, 4.69) is 0 Å². The summed E-state index contributed by atoms with van der Waals surface area (Å²) in [5, 5.41) is 0. The molecule has 1 aliphatic heterocycles. The minimum atomic E-state index is -4.31. The van der Waals surface area contributed by atoms with E-state index < -0.39 is 26.6 Å². The van der Waals surface area contributed by atoms with Gasteiger partial charge in [0.25, 0.3) is 0 Å². The number of aromatic nitrogens is 2. The van der Waals surface area contributed by atoms with E-state index in [4.69, 9.17) is 9.97 Å². The quantitative estimate of drug-likeness (QED) is 0.453. The van der Waals surface area contributed by atoms with Gasteiger partial charge in [-0.05, 0) is 24.3 Å². The number of hydrogen-bond acceptors (Lipinski definition) is 5. The van der Waals surface area contributed by atoms with E-state index in [0.29, 0.717) is 24.6 Å². The third-order valence-electron chi connectivity index (χ3n) is 5.65. The molecule has 0 bridgehead atoms. The molecule has 1 aromatic heterocycles. The topological polar surface area (TPSA) is 66.4 Å². The molecule has 3 aromatic carbocycles. The maximum Gasteiger partial charge on any atom is 0.249 e. The van der Waals surface area contributed by atoms with Gasteiger partial charge in [-0.1, -0.05) is 48.5 Å². The van der Waals surface area contributed by atoms with Gasteiger partial charge in [-0.3, -0.25) is 0 Å². The number of para-hydroxylation sites is 2. The molecule has 0 spiro atoms. The fourth-order valence-electron chi connectivity index (χ4n) is 4.00. The molecule has 9 heteroatoms. The third kappa shape index (κ3) is 3.94. The minimum Gasteiger partial charge on any atom is -0.352 e. The van der Waals surface area contributed by atoms with E-state index in [9.17, 15) is 17.2 Å². The number of hydrogen-bond donors (Lipinski definition) is 0. The van der Waals surface area contributed by atoms with Crippen molar-refractivity contribution in [1.29, 1.82) is 0 Å². The van der Waals surface area contributed by atoms with Gasteiger partial charge in [-0.25, -0.2) is 27.2 Å². The highest BCUT2D eigenvalue weighted by molar-refractivity contribution is 7.89. The zero-order valence-corrected chi connectivity index (χ0v) is 18.3. The molecule has 0 N–H and O–H groups in total. The van der Waals surface area contributed by atoms with Gasteiger partial charge in [-0.2, -0.15) is 4.31 Å². The van der Waals surface area contributed by atoms with Crippen LogP contribution < -0.4 is 4.90 Å². The Morgan fingerprint density at radius 3 is 1.91 bits per heavy atom. The molecule has 0 aliphatic carbocycles. The first-order valence-electron chi connectivity index (χ1n) is 10.5. The van der Waals surface area contributed by atoms with Gasteiger partial charge >= 0.3 is 0 Å². The van der Waals surface area contributed by atoms with Crippen molar-refractivity contribution < 1.29 is 17.2 Å². The molecule has 1 saturated heterocycles. The highest BCUT2D eigenvalue weighted by atomic mass is 32.2. The standard InChI is InChI=1S/C24H20F2N4O2S/c25-18-9-6-10-19(26)23(18)33(31,32)30-15-13-29(14-16-30)24-22(17-7-2-1-3-8-17)27-20-11-4-5-12-21(20)28-24/h1-12H,13-16H2. The fourth-order valence-corrected chi connectivity index (χ4v) is 5.53. The Kier molecular flexibility index (Phi) is 5.51. The molecule has 5 rings (SSSR count). The number of fused-ring (bicyclic) bond motifs is 1. The smallest absolute Gasteiger partial charge is 0.249 e. The number of nitrogens with zero attached hydrogens (tertiary/aromatic N) is 4. The molecule has 33 heavy (non-hydrogen) atoms. The maximum absolute atomic E-state index is 14.2. The molecule has 0 radical (unpaired) electrons. The number of sulfonamides is 1. The van der Waals surface area contributed by atoms with Crippen LogP contribution in [0, 0.1) is 11.6 Å². The van der Waals surface area contributed by atoms with E-state index in [1.807, 2.05) is 59.5 Å². The van der Waals surface area contributed by atoms with Gasteiger partial charge in [0.1, 0.15) is 17.3 Å². The van der Waals surface area contributed by atoms with Crippen molar-refractivity contribution >= 4 is 26.9 Å². The Hall–Kier alpha value is -3.43. The summed E-state index contributed by atoms with van der Waals surface area (Å²) in [4.78, 5) is 10.7. The Balaban J connectivity index is 1.47. The summed E-state index contributed by atoms with van der Waals surface area (Å²) in [6, 6.07) is 20.3. The van der Waals surface area contributed by atoms with Crippen LogP contribution in [0.15, 0.2) is 77.7 Å². The summed E-state index contributed by atoms with van der Waals surface area (Å²) in [6.45, 7) is 0.752. The van der Waals surface area contributed by atoms with Crippen LogP contribution in [0.1, 0.15) is 0 Å². The predicted octanol–water partition coefficient (Wildman–Crippen LogP) is 4.09. The molecule has 2 heterocycles. The van der Waals surface area contributed by atoms with Gasteiger partial charge in [0, 0.05) is 31.7 Å². The SMILES string of the molecule is O=S(=O)(c1c(F)cccc1F)N1CCN(c2nc3ccccc3nc2-c2ccccc2)CC1. The molecule has 0 saturated carbocycles. The van der Waals surface area contributed by atoms with E-state index in [-0.39, 0.29) is 13.1 Å². The molecule has 1 aliphatic rings. The average molecular weight is 467 g/mol. The molecular formula is C24H20F2N4O2S. The van der Waals surface area contributed by atoms with Crippen molar-refractivity contribution in [3.8, 4) is 11.3 Å². The molecule has 1 fully saturated rings. The number of halogens is 2. The van der Waals surface area contributed by atoms with Gasteiger partial charge in [0.05, 0.1) is 11.0 Å². The first-order valence-corrected chi connectivity index (χ1v) is 11.9. The largest absolute Gasteiger partial charge is 0.352 e. The van der Waals surface area contributed by atoms with Crippen LogP contribution in [0.4, 0.5) is 14.6 Å². The zero-order chi connectivity index (χ0) is 23.0. The normalized spacial score (nSPS) is 15.2. The van der Waals surface area contributed by atoms with Gasteiger partial charge in [-0.15, -0.1) is 0 Å². The van der Waals surface area contributed by atoms with E-state index in [1.54, 1.807) is 0 Å². The maximum atomic E-state index is 14.2. The summed E-state index contributed by atoms with van der Waals surface area (Å²) in [6.07, 6.45) is 0. The first-order chi connectivity index (χ1) is 15.9. The Morgan fingerprint density at radius 1 is 0.697 bits per heavy atom. The number of anilines is 1. The molecule has 6 nitrogen and oxygen atoms in total. The summed E-state index contributed by atoms with van der Waals surface area (Å²) < 4.78 is 55.3. The summed E-state index contributed by atoms with van der Waals surface area (Å²) in [5.41, 5.74) is 3.09. The molecule has 168 valence electrons. The lowest BCUT2D eigenvalue weighted by atomic mass is 10.1. The highest BCUT2D eigenvalue weighted by Crippen LogP contribution is 2.31. The Bertz CT molecular complexity index is 1400. The molecule has 0 atom stereocenters. The number of benzene rings is 3. The zero-order valence-electron chi connectivity index (χ0n) is 17.5. The van der Waals surface area contributed by atoms with Crippen LogP contribution in [0.25, 0.3) is 22.3 Å². The second-order valence-electron chi connectivity index (χ2n) is 7.69. The van der Waals surface area contributed by atoms with Gasteiger partial charge in [0.2, 0.25) is 10.0 Å². The lowest BCUT2D eigenvalue weighted by Crippen LogP contribution is -2.49. The third-order valence-corrected chi connectivity index (χ3v) is 7.61. The summed E-state index contributed by atoms with van der Waals surface area (Å²) in [5.74, 6) is -1.54. The van der Waals surface area contributed by atoms with Crippen LogP contribution in [-0.4, -0.2) is 48.9 Å². The Morgan fingerprint density at radius 2 is 1.27 bits per heavy atom. The summed E-state index contributed by atoms with van der Waals surface area (Å²) in [7, 11) is -4.31. The monoisotopic (exact) mass is 466 g/mol. The van der Waals surface area contributed by atoms with Crippen LogP contribution in [0.2, 0.25) is 0 Å². The van der Waals surface area contributed by atoms with Gasteiger partial charge in [0.15, 0.2) is 10.7 Å². The summed E-state index contributed by atoms with van der Waals surface area (Å²) >= 11 is 0. The first kappa shape index (κ1) is 21.4. The van der Waals surface area contributed by atoms with Crippen LogP contribution >= 0.6 is 0 Å². The predicted molar refractivity (Wildman–Crippen MR) is 122 cm³/mol. The molecule has 4 aromatic rings. The average Bonchev–Trinajstić information content (AvgIpc) is 2.83. The second kappa shape index (κ2) is 8.49. The van der Waals surface area contributed by atoms with Crippen LogP contribution in [0.5, 0.6) is 0 Å². The lowest BCUT2D eigenvalue weighted by Gasteiger charge is -2.35.